The molecule has 2 aliphatic rings. The minimum atomic E-state index is -0.942. The van der Waals surface area contributed by atoms with Crippen LogP contribution in [0, 0.1) is 0 Å². The smallest absolute Gasteiger partial charge is 0.408 e. The second-order valence-electron chi connectivity index (χ2n) is 13.2. The normalized spacial score (nSPS) is 20.2. The molecule has 3 atom stereocenters. The van der Waals surface area contributed by atoms with Crippen molar-refractivity contribution in [2.24, 2.45) is 0 Å². The Morgan fingerprint density at radius 1 is 0.917 bits per heavy atom. The highest BCUT2D eigenvalue weighted by atomic mass is 16.6. The number of carbonyl (C=O) groups is 4. The van der Waals surface area contributed by atoms with Gasteiger partial charge in [-0.25, -0.2) is 9.59 Å². The Hall–Kier alpha value is -5.06. The van der Waals surface area contributed by atoms with E-state index in [9.17, 15) is 19.2 Å². The standard InChI is InChI=1S/C37H44N4O7/c1-37(2,3)48-36(45)38-28-21-29-24-46-32-18-9-8-16-30(32)26-14-10-15-27(20-26)33(42)40(4)19-11-17-31(34(43)41(29)22-28)39-35(44)47-23-25-12-6-5-7-13-25/h5-10,12-16,18,20,28-29,31H,11,17,19,21-24H2,1-4H3,(H,38,45)(H,39,44)/t28-,29-,31-/m0/s1. The number of rotatable bonds is 4. The molecule has 2 bridgehead atoms. The molecule has 3 aromatic carbocycles. The highest BCUT2D eigenvalue weighted by Gasteiger charge is 2.40. The summed E-state index contributed by atoms with van der Waals surface area (Å²) < 4.78 is 17.3. The van der Waals surface area contributed by atoms with E-state index in [2.05, 4.69) is 10.6 Å². The Morgan fingerprint density at radius 3 is 2.42 bits per heavy atom. The molecule has 1 saturated heterocycles. The maximum atomic E-state index is 14.3. The van der Waals surface area contributed by atoms with E-state index in [-0.39, 0.29) is 38.0 Å². The first-order valence-corrected chi connectivity index (χ1v) is 16.3. The number of para-hydroxylation sites is 1. The Morgan fingerprint density at radius 2 is 1.65 bits per heavy atom. The van der Waals surface area contributed by atoms with Crippen molar-refractivity contribution in [1.29, 1.82) is 0 Å². The van der Waals surface area contributed by atoms with Gasteiger partial charge in [0.2, 0.25) is 5.91 Å². The van der Waals surface area contributed by atoms with Crippen LogP contribution in [0.15, 0.2) is 78.9 Å². The molecule has 2 aliphatic heterocycles. The molecular weight excluding hydrogens is 612 g/mol. The molecule has 0 saturated carbocycles. The summed E-state index contributed by atoms with van der Waals surface area (Å²) in [4.78, 5) is 56.7. The lowest BCUT2D eigenvalue weighted by molar-refractivity contribution is -0.135. The van der Waals surface area contributed by atoms with Crippen LogP contribution in [-0.2, 0) is 20.9 Å². The number of fused-ring (bicyclic) bond motifs is 5. The van der Waals surface area contributed by atoms with Crippen LogP contribution in [0.25, 0.3) is 11.1 Å². The Balaban J connectivity index is 1.42. The Kier molecular flexibility index (Phi) is 10.9. The molecular formula is C37H44N4O7. The summed E-state index contributed by atoms with van der Waals surface area (Å²) >= 11 is 0. The van der Waals surface area contributed by atoms with Crippen LogP contribution >= 0.6 is 0 Å². The average molecular weight is 657 g/mol. The number of hydrogen-bond donors (Lipinski definition) is 2. The second-order valence-corrected chi connectivity index (χ2v) is 13.2. The largest absolute Gasteiger partial charge is 0.491 e. The Bertz CT molecular complexity index is 1610. The van der Waals surface area contributed by atoms with Crippen molar-refractivity contribution in [3.63, 3.8) is 0 Å². The summed E-state index contributed by atoms with van der Waals surface area (Å²) in [6.45, 7) is 6.11. The molecule has 0 spiro atoms. The first kappa shape index (κ1) is 34.3. The minimum Gasteiger partial charge on any atom is -0.491 e. The Labute approximate surface area is 281 Å². The number of ether oxygens (including phenoxy) is 3. The van der Waals surface area contributed by atoms with Crippen molar-refractivity contribution < 1.29 is 33.4 Å². The van der Waals surface area contributed by atoms with Crippen molar-refractivity contribution >= 4 is 24.0 Å². The van der Waals surface area contributed by atoms with Gasteiger partial charge in [-0.15, -0.1) is 0 Å². The molecule has 3 aromatic rings. The molecule has 48 heavy (non-hydrogen) atoms. The van der Waals surface area contributed by atoms with E-state index in [1.807, 2.05) is 72.8 Å². The third-order valence-electron chi connectivity index (χ3n) is 8.29. The zero-order valence-corrected chi connectivity index (χ0v) is 27.9. The lowest BCUT2D eigenvalue weighted by atomic mass is 10.0. The van der Waals surface area contributed by atoms with Crippen LogP contribution in [0.2, 0.25) is 0 Å². The molecule has 0 unspecified atom stereocenters. The van der Waals surface area contributed by atoms with Crippen molar-refractivity contribution in [3.05, 3.63) is 90.0 Å². The van der Waals surface area contributed by atoms with Gasteiger partial charge >= 0.3 is 12.2 Å². The van der Waals surface area contributed by atoms with Crippen LogP contribution in [0.4, 0.5) is 9.59 Å². The molecule has 2 heterocycles. The zero-order valence-electron chi connectivity index (χ0n) is 27.9. The minimum absolute atomic E-state index is 0.0470. The zero-order chi connectivity index (χ0) is 34.3. The summed E-state index contributed by atoms with van der Waals surface area (Å²) in [5.74, 6) is 0.113. The first-order valence-electron chi connectivity index (χ1n) is 16.3. The number of amides is 4. The molecule has 11 nitrogen and oxygen atoms in total. The maximum Gasteiger partial charge on any atom is 0.408 e. The summed E-state index contributed by atoms with van der Waals surface area (Å²) in [5.41, 5.74) is 2.30. The van der Waals surface area contributed by atoms with Gasteiger partial charge in [0.25, 0.3) is 5.91 Å². The van der Waals surface area contributed by atoms with Gasteiger partial charge in [0, 0.05) is 31.3 Å². The highest BCUT2D eigenvalue weighted by molar-refractivity contribution is 5.95. The third-order valence-corrected chi connectivity index (χ3v) is 8.29. The van der Waals surface area contributed by atoms with Gasteiger partial charge < -0.3 is 34.6 Å². The fourth-order valence-electron chi connectivity index (χ4n) is 5.98. The number of nitrogens with zero attached hydrogens (tertiary/aromatic N) is 2. The van der Waals surface area contributed by atoms with Crippen molar-refractivity contribution in [1.82, 2.24) is 20.4 Å². The fourth-order valence-corrected chi connectivity index (χ4v) is 5.98. The number of carbonyl (C=O) groups excluding carboxylic acids is 4. The van der Waals surface area contributed by atoms with E-state index in [4.69, 9.17) is 14.2 Å². The lowest BCUT2D eigenvalue weighted by Gasteiger charge is -2.30. The lowest BCUT2D eigenvalue weighted by Crippen LogP contribution is -2.52. The van der Waals surface area contributed by atoms with Crippen LogP contribution in [-0.4, -0.2) is 84.3 Å². The van der Waals surface area contributed by atoms with Gasteiger partial charge in [-0.1, -0.05) is 60.7 Å². The molecule has 0 radical (unpaired) electrons. The third kappa shape index (κ3) is 9.05. The van der Waals surface area contributed by atoms with Gasteiger partial charge in [-0.2, -0.15) is 0 Å². The SMILES string of the molecule is CN1CCC[C@H](NC(=O)OCc2ccccc2)C(=O)N2C[C@@H](NC(=O)OC(C)(C)C)C[C@H]2COc2ccccc2-c2cccc(c2)C1=O. The molecule has 0 aromatic heterocycles. The van der Waals surface area contributed by atoms with Crippen molar-refractivity contribution in [2.75, 3.05) is 26.7 Å². The summed E-state index contributed by atoms with van der Waals surface area (Å²) in [5, 5.41) is 5.69. The number of nitrogens with one attached hydrogen (secondary N) is 2. The summed E-state index contributed by atoms with van der Waals surface area (Å²) in [7, 11) is 1.72. The van der Waals surface area contributed by atoms with Gasteiger partial charge in [0.05, 0.1) is 12.1 Å². The predicted molar refractivity (Wildman–Crippen MR) is 180 cm³/mol. The monoisotopic (exact) mass is 656 g/mol. The van der Waals surface area contributed by atoms with Gasteiger partial charge in [0.15, 0.2) is 0 Å². The molecule has 0 aliphatic carbocycles. The van der Waals surface area contributed by atoms with E-state index in [1.165, 1.54) is 0 Å². The quantitative estimate of drug-likeness (QED) is 0.386. The predicted octanol–water partition coefficient (Wildman–Crippen LogP) is 5.39. The van der Waals surface area contributed by atoms with Gasteiger partial charge in [0.1, 0.15) is 30.6 Å². The van der Waals surface area contributed by atoms with E-state index >= 15 is 0 Å². The topological polar surface area (TPSA) is 127 Å². The average Bonchev–Trinajstić information content (AvgIpc) is 3.46. The molecule has 11 heteroatoms. The van der Waals surface area contributed by atoms with E-state index < -0.39 is 35.9 Å². The number of hydrogen-bond acceptors (Lipinski definition) is 7. The molecule has 254 valence electrons. The van der Waals surface area contributed by atoms with Gasteiger partial charge in [-0.3, -0.25) is 9.59 Å². The van der Waals surface area contributed by atoms with Gasteiger partial charge in [-0.05, 0) is 69.4 Å². The maximum absolute atomic E-state index is 14.3. The van der Waals surface area contributed by atoms with E-state index in [0.29, 0.717) is 30.7 Å². The number of benzene rings is 3. The molecule has 4 amide bonds. The fraction of sp³-hybridized carbons (Fsp3) is 0.405. The first-order chi connectivity index (χ1) is 23.0. The van der Waals surface area contributed by atoms with Crippen LogP contribution in [0.1, 0.15) is 56.0 Å². The van der Waals surface area contributed by atoms with Crippen LogP contribution in [0.3, 0.4) is 0 Å². The van der Waals surface area contributed by atoms with Crippen LogP contribution in [0.5, 0.6) is 5.75 Å². The second kappa shape index (κ2) is 15.2. The summed E-state index contributed by atoms with van der Waals surface area (Å²) in [6.07, 6.45) is -0.178. The molecule has 2 N–H and O–H groups in total. The van der Waals surface area contributed by atoms with Crippen molar-refractivity contribution in [2.45, 2.75) is 70.4 Å². The number of alkyl carbamates (subject to hydrolysis) is 2. The summed E-state index contributed by atoms with van der Waals surface area (Å²) in [6, 6.07) is 22.5. The molecule has 1 fully saturated rings. The highest BCUT2D eigenvalue weighted by Crippen LogP contribution is 2.32. The van der Waals surface area contributed by atoms with Crippen LogP contribution < -0.4 is 15.4 Å². The van der Waals surface area contributed by atoms with E-state index in [1.54, 1.807) is 43.7 Å². The van der Waals surface area contributed by atoms with E-state index in [0.717, 1.165) is 16.7 Å². The van der Waals surface area contributed by atoms with Crippen molar-refractivity contribution in [3.8, 4) is 16.9 Å². The molecule has 5 rings (SSSR count).